The molecule has 1 unspecified atom stereocenters. The summed E-state index contributed by atoms with van der Waals surface area (Å²) in [4.78, 5) is 27.8. The molecular formula is C28H29NO5. The van der Waals surface area contributed by atoms with Crippen molar-refractivity contribution in [1.29, 1.82) is 0 Å². The number of benzene rings is 2. The highest BCUT2D eigenvalue weighted by Crippen LogP contribution is 2.39. The molecule has 1 aliphatic heterocycles. The number of hydrogen-bond acceptors (Lipinski definition) is 5. The summed E-state index contributed by atoms with van der Waals surface area (Å²) in [5.41, 5.74) is 1.82. The molecule has 0 saturated carbocycles. The minimum atomic E-state index is -0.719. The number of hydrogen-bond donors (Lipinski definition) is 1. The standard InChI is InChI=1S/C28H29NO5/c1-2-3-7-18-33-22-14-12-21(13-15-22)25-24(26(30)23-11-8-19-34-23)27(31)28(32)29(25)17-16-20-9-5-4-6-10-20/h4-6,8-15,19,25,31H,2-3,7,16-18H2,1H3. The molecule has 1 amide bonds. The predicted octanol–water partition coefficient (Wildman–Crippen LogP) is 5.67. The number of aliphatic hydroxyl groups is 1. The zero-order valence-corrected chi connectivity index (χ0v) is 19.3. The number of unbranched alkanes of at least 4 members (excludes halogenated alkanes) is 2. The number of Topliss-reactive ketones (excluding diaryl/α,β-unsaturated/α-hetero) is 1. The molecule has 0 fully saturated rings. The third-order valence-electron chi connectivity index (χ3n) is 5.99. The van der Waals surface area contributed by atoms with Crippen LogP contribution in [0.5, 0.6) is 5.75 Å². The van der Waals surface area contributed by atoms with Gasteiger partial charge in [0.1, 0.15) is 5.75 Å². The minimum Gasteiger partial charge on any atom is -0.503 e. The SMILES string of the molecule is CCCCCOc1ccc(C2C(C(=O)c3ccco3)=C(O)C(=O)N2CCc2ccccc2)cc1. The van der Waals surface area contributed by atoms with Crippen LogP contribution in [0.2, 0.25) is 0 Å². The average Bonchev–Trinajstić information content (AvgIpc) is 3.49. The Hall–Kier alpha value is -3.80. The fourth-order valence-electron chi connectivity index (χ4n) is 4.19. The lowest BCUT2D eigenvalue weighted by Gasteiger charge is -2.27. The van der Waals surface area contributed by atoms with Gasteiger partial charge >= 0.3 is 0 Å². The van der Waals surface area contributed by atoms with Crippen LogP contribution < -0.4 is 4.74 Å². The number of rotatable bonds is 11. The number of carbonyl (C=O) groups excluding carboxylic acids is 2. The second kappa shape index (κ2) is 10.9. The van der Waals surface area contributed by atoms with E-state index in [9.17, 15) is 14.7 Å². The minimum absolute atomic E-state index is 0.0321. The summed E-state index contributed by atoms with van der Waals surface area (Å²) < 4.78 is 11.1. The molecule has 1 N–H and O–H groups in total. The van der Waals surface area contributed by atoms with Crippen LogP contribution in [0.15, 0.2) is 88.7 Å². The van der Waals surface area contributed by atoms with Gasteiger partial charge in [-0.2, -0.15) is 0 Å². The second-order valence-corrected chi connectivity index (χ2v) is 8.33. The molecule has 0 radical (unpaired) electrons. The first-order valence-corrected chi connectivity index (χ1v) is 11.7. The molecule has 34 heavy (non-hydrogen) atoms. The van der Waals surface area contributed by atoms with E-state index in [0.29, 0.717) is 19.6 Å². The van der Waals surface area contributed by atoms with Gasteiger partial charge in [0.25, 0.3) is 5.91 Å². The van der Waals surface area contributed by atoms with Gasteiger partial charge in [0, 0.05) is 6.54 Å². The molecule has 4 rings (SSSR count). The molecule has 1 aliphatic rings. The molecule has 176 valence electrons. The summed E-state index contributed by atoms with van der Waals surface area (Å²) in [6, 6.07) is 19.6. The Bertz CT molecular complexity index is 1130. The lowest BCUT2D eigenvalue weighted by Crippen LogP contribution is -2.33. The maximum atomic E-state index is 13.2. The summed E-state index contributed by atoms with van der Waals surface area (Å²) in [7, 11) is 0. The zero-order valence-electron chi connectivity index (χ0n) is 19.3. The van der Waals surface area contributed by atoms with Crippen molar-refractivity contribution in [2.24, 2.45) is 0 Å². The van der Waals surface area contributed by atoms with Gasteiger partial charge < -0.3 is 19.2 Å². The highest BCUT2D eigenvalue weighted by atomic mass is 16.5. The second-order valence-electron chi connectivity index (χ2n) is 8.33. The van der Waals surface area contributed by atoms with Crippen LogP contribution in [-0.4, -0.2) is 34.8 Å². The number of nitrogens with zero attached hydrogens (tertiary/aromatic N) is 1. The van der Waals surface area contributed by atoms with Crippen LogP contribution in [0.1, 0.15) is 53.9 Å². The van der Waals surface area contributed by atoms with E-state index in [-0.39, 0.29) is 11.3 Å². The monoisotopic (exact) mass is 459 g/mol. The van der Waals surface area contributed by atoms with Gasteiger partial charge in [-0.3, -0.25) is 9.59 Å². The highest BCUT2D eigenvalue weighted by molar-refractivity contribution is 6.15. The fraction of sp³-hybridized carbons (Fsp3) is 0.286. The van der Waals surface area contributed by atoms with Crippen LogP contribution in [0.3, 0.4) is 0 Å². The van der Waals surface area contributed by atoms with Crippen molar-refractivity contribution >= 4 is 11.7 Å². The number of amides is 1. The Morgan fingerprint density at radius 3 is 2.47 bits per heavy atom. The Morgan fingerprint density at radius 1 is 1.03 bits per heavy atom. The van der Waals surface area contributed by atoms with E-state index >= 15 is 0 Å². The van der Waals surface area contributed by atoms with Gasteiger partial charge in [-0.1, -0.05) is 62.2 Å². The van der Waals surface area contributed by atoms with E-state index in [1.807, 2.05) is 54.6 Å². The molecule has 1 aromatic heterocycles. The van der Waals surface area contributed by atoms with Crippen molar-refractivity contribution in [3.05, 3.63) is 101 Å². The predicted molar refractivity (Wildman–Crippen MR) is 129 cm³/mol. The Balaban J connectivity index is 1.61. The number of ketones is 1. The average molecular weight is 460 g/mol. The van der Waals surface area contributed by atoms with Crippen molar-refractivity contribution in [3.63, 3.8) is 0 Å². The summed E-state index contributed by atoms with van der Waals surface area (Å²) >= 11 is 0. The van der Waals surface area contributed by atoms with Gasteiger partial charge in [0.05, 0.1) is 24.5 Å². The molecule has 2 heterocycles. The first kappa shape index (κ1) is 23.4. The van der Waals surface area contributed by atoms with Crippen LogP contribution in [0, 0.1) is 0 Å². The fourth-order valence-corrected chi connectivity index (χ4v) is 4.19. The number of aliphatic hydroxyl groups excluding tert-OH is 1. The van der Waals surface area contributed by atoms with E-state index in [4.69, 9.17) is 9.15 Å². The number of furan rings is 1. The smallest absolute Gasteiger partial charge is 0.290 e. The van der Waals surface area contributed by atoms with Crippen molar-refractivity contribution in [1.82, 2.24) is 4.90 Å². The summed E-state index contributed by atoms with van der Waals surface area (Å²) in [5, 5.41) is 10.7. The first-order valence-electron chi connectivity index (χ1n) is 11.7. The summed E-state index contributed by atoms with van der Waals surface area (Å²) in [5.74, 6) is -0.773. The van der Waals surface area contributed by atoms with Crippen LogP contribution in [-0.2, 0) is 11.2 Å². The van der Waals surface area contributed by atoms with Gasteiger partial charge in [0.15, 0.2) is 11.5 Å². The zero-order chi connectivity index (χ0) is 23.9. The van der Waals surface area contributed by atoms with Crippen molar-refractivity contribution < 1.29 is 23.8 Å². The van der Waals surface area contributed by atoms with E-state index in [1.165, 1.54) is 12.3 Å². The van der Waals surface area contributed by atoms with Crippen LogP contribution in [0.4, 0.5) is 0 Å². The molecule has 6 heteroatoms. The number of ether oxygens (including phenoxy) is 1. The molecule has 6 nitrogen and oxygen atoms in total. The lowest BCUT2D eigenvalue weighted by molar-refractivity contribution is -0.129. The van der Waals surface area contributed by atoms with Gasteiger partial charge in [-0.05, 0) is 48.2 Å². The van der Waals surface area contributed by atoms with Crippen molar-refractivity contribution in [3.8, 4) is 5.75 Å². The largest absolute Gasteiger partial charge is 0.503 e. The van der Waals surface area contributed by atoms with Gasteiger partial charge in [-0.15, -0.1) is 0 Å². The van der Waals surface area contributed by atoms with Crippen molar-refractivity contribution in [2.75, 3.05) is 13.2 Å². The first-order chi connectivity index (χ1) is 16.6. The third kappa shape index (κ3) is 5.06. The topological polar surface area (TPSA) is 80.0 Å². The molecular weight excluding hydrogens is 430 g/mol. The lowest BCUT2D eigenvalue weighted by atomic mass is 9.95. The molecule has 0 saturated heterocycles. The van der Waals surface area contributed by atoms with Crippen LogP contribution in [0.25, 0.3) is 0 Å². The Labute approximate surface area is 199 Å². The van der Waals surface area contributed by atoms with E-state index < -0.39 is 23.5 Å². The highest BCUT2D eigenvalue weighted by Gasteiger charge is 2.44. The van der Waals surface area contributed by atoms with Crippen molar-refractivity contribution in [2.45, 2.75) is 38.6 Å². The van der Waals surface area contributed by atoms with E-state index in [0.717, 1.165) is 36.1 Å². The normalized spacial score (nSPS) is 15.7. The molecule has 0 spiro atoms. The molecule has 2 aromatic carbocycles. The maximum Gasteiger partial charge on any atom is 0.290 e. The van der Waals surface area contributed by atoms with Crippen LogP contribution >= 0.6 is 0 Å². The molecule has 3 aromatic rings. The quantitative estimate of drug-likeness (QED) is 0.295. The summed E-state index contributed by atoms with van der Waals surface area (Å²) in [6.07, 6.45) is 5.22. The van der Waals surface area contributed by atoms with Gasteiger partial charge in [0.2, 0.25) is 5.78 Å². The third-order valence-corrected chi connectivity index (χ3v) is 5.99. The van der Waals surface area contributed by atoms with Gasteiger partial charge in [-0.25, -0.2) is 0 Å². The van der Waals surface area contributed by atoms with E-state index in [1.54, 1.807) is 11.0 Å². The Kier molecular flexibility index (Phi) is 7.48. The molecule has 0 aliphatic carbocycles. The van der Waals surface area contributed by atoms with E-state index in [2.05, 4.69) is 6.92 Å². The molecule has 0 bridgehead atoms. The Morgan fingerprint density at radius 2 is 1.79 bits per heavy atom. The molecule has 1 atom stereocenters. The number of carbonyl (C=O) groups is 2. The summed E-state index contributed by atoms with van der Waals surface area (Å²) in [6.45, 7) is 3.13. The maximum absolute atomic E-state index is 13.2.